The topological polar surface area (TPSA) is 63.1 Å². The number of ether oxygens (including phenoxy) is 1. The first-order chi connectivity index (χ1) is 15.4. The minimum Gasteiger partial charge on any atom is -0.497 e. The standard InChI is InChI=1S/C24H20F3N3O2/c1-31-19-5-2-16(3-6-19)13-30-14-21(20-7-4-17(11-28)10-22(20)30)23(24(25,26)27)29-12-18-8-9-32-15-18/h2-10,14-15,23,29H,12-13H2,1H3. The number of furan rings is 1. The summed E-state index contributed by atoms with van der Waals surface area (Å²) in [5.74, 6) is 0.694. The summed E-state index contributed by atoms with van der Waals surface area (Å²) in [7, 11) is 1.57. The number of aromatic nitrogens is 1. The normalized spacial score (nSPS) is 12.6. The Labute approximate surface area is 182 Å². The molecule has 2 aromatic heterocycles. The van der Waals surface area contributed by atoms with E-state index >= 15 is 0 Å². The lowest BCUT2D eigenvalue weighted by atomic mass is 10.0. The van der Waals surface area contributed by atoms with E-state index in [1.165, 1.54) is 24.8 Å². The SMILES string of the molecule is COc1ccc(Cn2cc(C(NCc3ccoc3)C(F)(F)F)c3ccc(C#N)cc32)cc1. The Morgan fingerprint density at radius 2 is 1.91 bits per heavy atom. The number of nitriles is 1. The molecule has 0 spiro atoms. The predicted molar refractivity (Wildman–Crippen MR) is 113 cm³/mol. The van der Waals surface area contributed by atoms with Crippen LogP contribution in [0.5, 0.6) is 5.75 Å². The van der Waals surface area contributed by atoms with Gasteiger partial charge in [0.1, 0.15) is 11.8 Å². The van der Waals surface area contributed by atoms with Crippen molar-refractivity contribution in [1.82, 2.24) is 9.88 Å². The van der Waals surface area contributed by atoms with Gasteiger partial charge >= 0.3 is 6.18 Å². The van der Waals surface area contributed by atoms with Crippen molar-refractivity contribution in [2.24, 2.45) is 0 Å². The van der Waals surface area contributed by atoms with E-state index in [1.54, 1.807) is 42.0 Å². The third kappa shape index (κ3) is 4.48. The average Bonchev–Trinajstić information content (AvgIpc) is 3.42. The molecule has 2 aromatic carbocycles. The van der Waals surface area contributed by atoms with Gasteiger partial charge in [0.2, 0.25) is 0 Å². The van der Waals surface area contributed by atoms with Crippen molar-refractivity contribution < 1.29 is 22.3 Å². The Morgan fingerprint density at radius 3 is 2.53 bits per heavy atom. The van der Waals surface area contributed by atoms with Crippen LogP contribution in [0.4, 0.5) is 13.2 Å². The van der Waals surface area contributed by atoms with E-state index in [9.17, 15) is 18.4 Å². The van der Waals surface area contributed by atoms with Gasteiger partial charge in [0, 0.05) is 41.3 Å². The second-order valence-electron chi connectivity index (χ2n) is 7.39. The third-order valence-electron chi connectivity index (χ3n) is 5.28. The second-order valence-corrected chi connectivity index (χ2v) is 7.39. The summed E-state index contributed by atoms with van der Waals surface area (Å²) in [6.45, 7) is 0.351. The summed E-state index contributed by atoms with van der Waals surface area (Å²) in [5, 5.41) is 12.4. The molecule has 0 aliphatic rings. The molecule has 5 nitrogen and oxygen atoms in total. The van der Waals surface area contributed by atoms with Crippen molar-refractivity contribution in [3.05, 3.63) is 89.5 Å². The zero-order valence-electron chi connectivity index (χ0n) is 17.2. The average molecular weight is 439 g/mol. The molecule has 1 N–H and O–H groups in total. The van der Waals surface area contributed by atoms with Crippen molar-refractivity contribution in [1.29, 1.82) is 5.26 Å². The predicted octanol–water partition coefficient (Wildman–Crippen LogP) is 5.56. The van der Waals surface area contributed by atoms with Crippen LogP contribution in [0.25, 0.3) is 10.9 Å². The van der Waals surface area contributed by atoms with Gasteiger partial charge in [-0.3, -0.25) is 5.32 Å². The van der Waals surface area contributed by atoms with Gasteiger partial charge in [-0.2, -0.15) is 18.4 Å². The number of methoxy groups -OCH3 is 1. The van der Waals surface area contributed by atoms with Crippen molar-refractivity contribution in [2.45, 2.75) is 25.3 Å². The van der Waals surface area contributed by atoms with Crippen LogP contribution in [0.1, 0.15) is 28.3 Å². The van der Waals surface area contributed by atoms with Crippen molar-refractivity contribution in [3.8, 4) is 11.8 Å². The van der Waals surface area contributed by atoms with Crippen LogP contribution < -0.4 is 10.1 Å². The van der Waals surface area contributed by atoms with Crippen molar-refractivity contribution >= 4 is 10.9 Å². The first kappa shape index (κ1) is 21.5. The lowest BCUT2D eigenvalue weighted by Crippen LogP contribution is -2.33. The molecule has 0 radical (unpaired) electrons. The summed E-state index contributed by atoms with van der Waals surface area (Å²) >= 11 is 0. The summed E-state index contributed by atoms with van der Waals surface area (Å²) in [6, 6.07) is 13.8. The van der Waals surface area contributed by atoms with Crippen LogP contribution in [0, 0.1) is 11.3 Å². The first-order valence-electron chi connectivity index (χ1n) is 9.86. The Balaban J connectivity index is 1.76. The maximum Gasteiger partial charge on any atom is 0.407 e. The monoisotopic (exact) mass is 439 g/mol. The Bertz CT molecular complexity index is 1240. The van der Waals surface area contributed by atoms with E-state index in [4.69, 9.17) is 9.15 Å². The molecule has 0 saturated heterocycles. The van der Waals surface area contributed by atoms with Gasteiger partial charge in [-0.25, -0.2) is 0 Å². The molecule has 0 amide bonds. The summed E-state index contributed by atoms with van der Waals surface area (Å²) in [5.41, 5.74) is 2.57. The van der Waals surface area contributed by atoms with Gasteiger partial charge in [0.25, 0.3) is 0 Å². The number of fused-ring (bicyclic) bond motifs is 1. The van der Waals surface area contributed by atoms with E-state index in [0.29, 0.717) is 34.3 Å². The highest BCUT2D eigenvalue weighted by molar-refractivity contribution is 5.86. The molecule has 0 aliphatic heterocycles. The van der Waals surface area contributed by atoms with E-state index in [2.05, 4.69) is 11.4 Å². The molecule has 164 valence electrons. The van der Waals surface area contributed by atoms with E-state index in [-0.39, 0.29) is 12.1 Å². The van der Waals surface area contributed by atoms with E-state index < -0.39 is 12.2 Å². The van der Waals surface area contributed by atoms with Crippen molar-refractivity contribution in [3.63, 3.8) is 0 Å². The minimum atomic E-state index is -4.52. The van der Waals surface area contributed by atoms with Crippen LogP contribution in [0.2, 0.25) is 0 Å². The molecule has 4 rings (SSSR count). The number of hydrogen-bond acceptors (Lipinski definition) is 4. The van der Waals surface area contributed by atoms with Gasteiger partial charge in [-0.15, -0.1) is 0 Å². The molecule has 0 aliphatic carbocycles. The van der Waals surface area contributed by atoms with E-state index in [0.717, 1.165) is 5.56 Å². The van der Waals surface area contributed by atoms with Gasteiger partial charge in [0.15, 0.2) is 0 Å². The van der Waals surface area contributed by atoms with Crippen molar-refractivity contribution in [2.75, 3.05) is 7.11 Å². The molecule has 0 bridgehead atoms. The maximum absolute atomic E-state index is 14.1. The van der Waals surface area contributed by atoms with E-state index in [1.807, 2.05) is 12.1 Å². The Kier molecular flexibility index (Phi) is 5.93. The Hall–Kier alpha value is -3.70. The number of alkyl halides is 3. The lowest BCUT2D eigenvalue weighted by Gasteiger charge is -2.21. The number of nitrogens with zero attached hydrogens (tertiary/aromatic N) is 2. The molecule has 32 heavy (non-hydrogen) atoms. The second kappa shape index (κ2) is 8.81. The minimum absolute atomic E-state index is 0.00209. The van der Waals surface area contributed by atoms with Crippen LogP contribution >= 0.6 is 0 Å². The highest BCUT2D eigenvalue weighted by Gasteiger charge is 2.42. The lowest BCUT2D eigenvalue weighted by molar-refractivity contribution is -0.157. The molecule has 4 aromatic rings. The van der Waals surface area contributed by atoms with Gasteiger partial charge in [0.05, 0.1) is 31.3 Å². The fourth-order valence-corrected chi connectivity index (χ4v) is 3.69. The molecule has 1 unspecified atom stereocenters. The number of halogens is 3. The first-order valence-corrected chi connectivity index (χ1v) is 9.86. The van der Waals surface area contributed by atoms with Crippen LogP contribution in [0.15, 0.2) is 71.7 Å². The molecular weight excluding hydrogens is 419 g/mol. The molecule has 1 atom stereocenters. The maximum atomic E-state index is 14.1. The van der Waals surface area contributed by atoms with Crippen LogP contribution in [-0.2, 0) is 13.1 Å². The number of hydrogen-bond donors (Lipinski definition) is 1. The zero-order valence-corrected chi connectivity index (χ0v) is 17.2. The van der Waals surface area contributed by atoms with Gasteiger partial charge in [-0.1, -0.05) is 18.2 Å². The highest BCUT2D eigenvalue weighted by atomic mass is 19.4. The zero-order chi connectivity index (χ0) is 22.7. The summed E-state index contributed by atoms with van der Waals surface area (Å²) in [6.07, 6.45) is -0.177. The molecular formula is C24H20F3N3O2. The molecule has 8 heteroatoms. The van der Waals surface area contributed by atoms with Crippen LogP contribution in [0.3, 0.4) is 0 Å². The van der Waals surface area contributed by atoms with Crippen LogP contribution in [-0.4, -0.2) is 17.9 Å². The van der Waals surface area contributed by atoms with Gasteiger partial charge < -0.3 is 13.7 Å². The number of benzene rings is 2. The third-order valence-corrected chi connectivity index (χ3v) is 5.28. The fraction of sp³-hybridized carbons (Fsp3) is 0.208. The number of rotatable bonds is 7. The molecule has 2 heterocycles. The number of nitrogens with one attached hydrogen (secondary N) is 1. The summed E-state index contributed by atoms with van der Waals surface area (Å²) < 4.78 is 54.1. The quantitative estimate of drug-likeness (QED) is 0.410. The smallest absolute Gasteiger partial charge is 0.407 e. The summed E-state index contributed by atoms with van der Waals surface area (Å²) in [4.78, 5) is 0. The largest absolute Gasteiger partial charge is 0.497 e. The molecule has 0 saturated carbocycles. The van der Waals surface area contributed by atoms with Gasteiger partial charge in [-0.05, 0) is 35.9 Å². The molecule has 0 fully saturated rings. The fourth-order valence-electron chi connectivity index (χ4n) is 3.69. The highest BCUT2D eigenvalue weighted by Crippen LogP contribution is 2.38. The Morgan fingerprint density at radius 1 is 1.12 bits per heavy atom.